The van der Waals surface area contributed by atoms with Gasteiger partial charge >= 0.3 is 23.9 Å². The monoisotopic (exact) mass is 454 g/mol. The number of hydrogen-bond donors (Lipinski definition) is 0. The smallest absolute Gasteiger partial charge is 0.303 e. The van der Waals surface area contributed by atoms with Crippen molar-refractivity contribution in [1.82, 2.24) is 0 Å². The number of rotatable bonds is 8. The molecule has 1 aromatic rings. The number of carbonyl (C=O) groups is 4. The van der Waals surface area contributed by atoms with Crippen LogP contribution in [0.3, 0.4) is 0 Å². The van der Waals surface area contributed by atoms with Crippen molar-refractivity contribution in [1.29, 1.82) is 0 Å². The Kier molecular flexibility index (Phi) is 8.82. The Morgan fingerprint density at radius 1 is 0.781 bits per heavy atom. The predicted octanol–water partition coefficient (Wildman–Crippen LogP) is 1.16. The number of hydrogen-bond acceptors (Lipinski definition) is 11. The van der Waals surface area contributed by atoms with E-state index in [-0.39, 0.29) is 12.4 Å². The molecule has 0 bridgehead atoms. The summed E-state index contributed by atoms with van der Waals surface area (Å²) in [5.74, 6) is -2.16. The van der Waals surface area contributed by atoms with Crippen molar-refractivity contribution in [2.75, 3.05) is 13.7 Å². The van der Waals surface area contributed by atoms with E-state index in [9.17, 15) is 19.2 Å². The van der Waals surface area contributed by atoms with Gasteiger partial charge in [0.2, 0.25) is 12.4 Å². The first kappa shape index (κ1) is 24.9. The number of ether oxygens (including phenoxy) is 7. The van der Waals surface area contributed by atoms with Crippen molar-refractivity contribution in [2.45, 2.75) is 58.4 Å². The van der Waals surface area contributed by atoms with Gasteiger partial charge in [0.25, 0.3) is 0 Å². The van der Waals surface area contributed by atoms with Gasteiger partial charge in [-0.3, -0.25) is 19.2 Å². The van der Waals surface area contributed by atoms with Crippen LogP contribution in [0.25, 0.3) is 0 Å². The lowest BCUT2D eigenvalue weighted by atomic mass is 9.98. The van der Waals surface area contributed by atoms with Crippen molar-refractivity contribution in [3.8, 4) is 11.5 Å². The third kappa shape index (κ3) is 6.84. The summed E-state index contributed by atoms with van der Waals surface area (Å²) in [6.07, 6.45) is -6.31. The summed E-state index contributed by atoms with van der Waals surface area (Å²) in [5, 5.41) is 0. The first-order valence-electron chi connectivity index (χ1n) is 9.72. The Bertz CT molecular complexity index is 837. The predicted molar refractivity (Wildman–Crippen MR) is 106 cm³/mol. The Hall–Kier alpha value is -3.34. The van der Waals surface area contributed by atoms with Crippen molar-refractivity contribution in [3.05, 3.63) is 24.3 Å². The molecule has 176 valence electrons. The van der Waals surface area contributed by atoms with Crippen LogP contribution in [-0.2, 0) is 42.9 Å². The number of benzene rings is 1. The fourth-order valence-electron chi connectivity index (χ4n) is 3.12. The minimum Gasteiger partial charge on any atom is -0.493 e. The second-order valence-electron chi connectivity index (χ2n) is 6.84. The van der Waals surface area contributed by atoms with Gasteiger partial charge in [0.15, 0.2) is 23.7 Å². The van der Waals surface area contributed by atoms with E-state index in [1.54, 1.807) is 24.3 Å². The molecule has 0 amide bonds. The Morgan fingerprint density at radius 2 is 1.31 bits per heavy atom. The Balaban J connectivity index is 2.48. The first-order chi connectivity index (χ1) is 15.1. The van der Waals surface area contributed by atoms with E-state index in [4.69, 9.17) is 33.2 Å². The fraction of sp³-hybridized carbons (Fsp3) is 0.524. The zero-order valence-corrected chi connectivity index (χ0v) is 18.4. The fourth-order valence-corrected chi connectivity index (χ4v) is 3.12. The van der Waals surface area contributed by atoms with Crippen LogP contribution in [0, 0.1) is 0 Å². The summed E-state index contributed by atoms with van der Waals surface area (Å²) >= 11 is 0. The van der Waals surface area contributed by atoms with E-state index in [1.807, 2.05) is 0 Å². The van der Waals surface area contributed by atoms with Gasteiger partial charge in [0.05, 0.1) is 7.11 Å². The highest BCUT2D eigenvalue weighted by atomic mass is 16.7. The van der Waals surface area contributed by atoms with Gasteiger partial charge in [0, 0.05) is 27.7 Å². The van der Waals surface area contributed by atoms with E-state index in [2.05, 4.69) is 0 Å². The lowest BCUT2D eigenvalue weighted by Crippen LogP contribution is -2.63. The van der Waals surface area contributed by atoms with Crippen LogP contribution in [0.5, 0.6) is 11.5 Å². The molecular weight excluding hydrogens is 428 g/mol. The van der Waals surface area contributed by atoms with Gasteiger partial charge in [0.1, 0.15) is 12.7 Å². The maximum Gasteiger partial charge on any atom is 0.303 e. The van der Waals surface area contributed by atoms with E-state index in [0.717, 1.165) is 20.8 Å². The summed E-state index contributed by atoms with van der Waals surface area (Å²) < 4.78 is 38.1. The molecule has 1 aliphatic heterocycles. The van der Waals surface area contributed by atoms with E-state index >= 15 is 0 Å². The van der Waals surface area contributed by atoms with Crippen LogP contribution in [0.2, 0.25) is 0 Å². The number of esters is 4. The quantitative estimate of drug-likeness (QED) is 0.414. The lowest BCUT2D eigenvalue weighted by Gasteiger charge is -2.43. The van der Waals surface area contributed by atoms with Gasteiger partial charge < -0.3 is 33.2 Å². The highest BCUT2D eigenvalue weighted by Crippen LogP contribution is 2.34. The molecule has 1 aromatic carbocycles. The summed E-state index contributed by atoms with van der Waals surface area (Å²) in [4.78, 5) is 46.7. The molecule has 0 aliphatic carbocycles. The molecule has 32 heavy (non-hydrogen) atoms. The van der Waals surface area contributed by atoms with Crippen LogP contribution in [-0.4, -0.2) is 68.3 Å². The first-order valence-corrected chi connectivity index (χ1v) is 9.72. The molecule has 5 atom stereocenters. The molecule has 11 heteroatoms. The molecule has 1 fully saturated rings. The summed E-state index contributed by atoms with van der Waals surface area (Å²) in [6.45, 7) is 4.28. The zero-order chi connectivity index (χ0) is 23.8. The van der Waals surface area contributed by atoms with Gasteiger partial charge in [-0.05, 0) is 12.1 Å². The molecule has 1 aliphatic rings. The minimum atomic E-state index is -1.33. The SMILES string of the molecule is COc1ccccc1O[C@@H]1O[C@H](COC(C)=O)[C@@H](OC(C)=O)[C@H](OC(C)=O)[C@@H]1OC(C)=O. The van der Waals surface area contributed by atoms with Crippen molar-refractivity contribution in [2.24, 2.45) is 0 Å². The normalized spacial score (nSPS) is 24.6. The Labute approximate surface area is 184 Å². The van der Waals surface area contributed by atoms with Crippen molar-refractivity contribution >= 4 is 23.9 Å². The number of methoxy groups -OCH3 is 1. The van der Waals surface area contributed by atoms with Crippen LogP contribution in [0.15, 0.2) is 24.3 Å². The van der Waals surface area contributed by atoms with Gasteiger partial charge in [-0.15, -0.1) is 0 Å². The molecule has 0 aromatic heterocycles. The average Bonchev–Trinajstić information content (AvgIpc) is 2.70. The maximum atomic E-state index is 11.8. The molecule has 0 spiro atoms. The second kappa shape index (κ2) is 11.3. The average molecular weight is 454 g/mol. The summed E-state index contributed by atoms with van der Waals surface area (Å²) in [6, 6.07) is 6.63. The van der Waals surface area contributed by atoms with Crippen LogP contribution >= 0.6 is 0 Å². The molecule has 0 unspecified atom stereocenters. The number of carbonyl (C=O) groups excluding carboxylic acids is 4. The van der Waals surface area contributed by atoms with E-state index < -0.39 is 54.6 Å². The topological polar surface area (TPSA) is 133 Å². The zero-order valence-electron chi connectivity index (χ0n) is 18.4. The summed E-state index contributed by atoms with van der Waals surface area (Å²) in [7, 11) is 1.44. The highest BCUT2D eigenvalue weighted by Gasteiger charge is 2.53. The highest BCUT2D eigenvalue weighted by molar-refractivity contribution is 5.68. The second-order valence-corrected chi connectivity index (χ2v) is 6.84. The van der Waals surface area contributed by atoms with E-state index in [0.29, 0.717) is 5.75 Å². The van der Waals surface area contributed by atoms with E-state index in [1.165, 1.54) is 14.0 Å². The molecule has 11 nitrogen and oxygen atoms in total. The van der Waals surface area contributed by atoms with Crippen LogP contribution in [0.1, 0.15) is 27.7 Å². The lowest BCUT2D eigenvalue weighted by molar-refractivity contribution is -0.288. The van der Waals surface area contributed by atoms with Crippen LogP contribution < -0.4 is 9.47 Å². The molecule has 1 heterocycles. The van der Waals surface area contributed by atoms with Gasteiger partial charge in [-0.1, -0.05) is 12.1 Å². The molecular formula is C21H26O11. The Morgan fingerprint density at radius 3 is 1.84 bits per heavy atom. The van der Waals surface area contributed by atoms with Gasteiger partial charge in [-0.2, -0.15) is 0 Å². The standard InChI is InChI=1S/C21H26O11/c1-11(22)27-10-17-18(28-12(2)23)19(29-13(3)24)20(30-14(4)25)21(32-17)31-16-9-7-6-8-15(16)26-5/h6-9,17-21H,10H2,1-5H3/t17-,18-,19+,20+,21-/m1/s1. The minimum absolute atomic E-state index is 0.246. The van der Waals surface area contributed by atoms with Gasteiger partial charge in [-0.25, -0.2) is 0 Å². The third-order valence-electron chi connectivity index (χ3n) is 4.26. The molecule has 0 radical (unpaired) electrons. The van der Waals surface area contributed by atoms with Crippen molar-refractivity contribution < 1.29 is 52.3 Å². The molecule has 1 saturated heterocycles. The van der Waals surface area contributed by atoms with Crippen LogP contribution in [0.4, 0.5) is 0 Å². The molecule has 2 rings (SSSR count). The largest absolute Gasteiger partial charge is 0.493 e. The summed E-state index contributed by atoms with van der Waals surface area (Å²) in [5.41, 5.74) is 0. The van der Waals surface area contributed by atoms with Crippen molar-refractivity contribution in [3.63, 3.8) is 0 Å². The maximum absolute atomic E-state index is 11.8. The number of para-hydroxylation sites is 2. The molecule has 0 N–H and O–H groups in total. The molecule has 0 saturated carbocycles. The third-order valence-corrected chi connectivity index (χ3v) is 4.26.